The predicted molar refractivity (Wildman–Crippen MR) is 96.1 cm³/mol. The van der Waals surface area contributed by atoms with Crippen molar-refractivity contribution in [1.29, 1.82) is 0 Å². The van der Waals surface area contributed by atoms with E-state index in [2.05, 4.69) is 0 Å². The molecule has 138 valence electrons. The van der Waals surface area contributed by atoms with Crippen molar-refractivity contribution in [3.05, 3.63) is 62.6 Å². The molecule has 1 amide bonds. The minimum Gasteiger partial charge on any atom is -0.356 e. The van der Waals surface area contributed by atoms with Crippen LogP contribution < -0.4 is 16.1 Å². The van der Waals surface area contributed by atoms with Crippen molar-refractivity contribution in [2.75, 3.05) is 31.1 Å². The van der Waals surface area contributed by atoms with Crippen LogP contribution in [0.3, 0.4) is 0 Å². The molecule has 0 atom stereocenters. The monoisotopic (exact) mass is 360 g/mol. The molecule has 26 heavy (non-hydrogen) atoms. The van der Waals surface area contributed by atoms with Gasteiger partial charge in [0.05, 0.1) is 5.56 Å². The number of halogens is 1. The zero-order valence-electron chi connectivity index (χ0n) is 14.8. The Labute approximate surface area is 149 Å². The maximum absolute atomic E-state index is 13.9. The number of amides is 1. The Morgan fingerprint density at radius 3 is 2.46 bits per heavy atom. The van der Waals surface area contributed by atoms with Crippen LogP contribution in [0.25, 0.3) is 0 Å². The highest BCUT2D eigenvalue weighted by Gasteiger charge is 2.23. The van der Waals surface area contributed by atoms with E-state index in [0.29, 0.717) is 38.4 Å². The normalized spacial score (nSPS) is 15.0. The van der Waals surface area contributed by atoms with Gasteiger partial charge in [-0.05, 0) is 18.6 Å². The third-order valence-corrected chi connectivity index (χ3v) is 4.71. The lowest BCUT2D eigenvalue weighted by Gasteiger charge is -2.25. The summed E-state index contributed by atoms with van der Waals surface area (Å²) >= 11 is 0. The van der Waals surface area contributed by atoms with E-state index in [9.17, 15) is 18.8 Å². The number of aromatic nitrogens is 2. The van der Waals surface area contributed by atoms with E-state index >= 15 is 0 Å². The van der Waals surface area contributed by atoms with Gasteiger partial charge in [-0.1, -0.05) is 12.1 Å². The molecule has 0 unspecified atom stereocenters. The lowest BCUT2D eigenvalue weighted by molar-refractivity contribution is 0.0762. The number of carbonyl (C=O) groups is 1. The second-order valence-corrected chi connectivity index (χ2v) is 6.35. The molecule has 0 bridgehead atoms. The summed E-state index contributed by atoms with van der Waals surface area (Å²) in [6.07, 6.45) is 0.656. The summed E-state index contributed by atoms with van der Waals surface area (Å²) in [6.45, 7) is 1.93. The number of anilines is 1. The molecular weight excluding hydrogens is 339 g/mol. The smallest absolute Gasteiger partial charge is 0.332 e. The van der Waals surface area contributed by atoms with E-state index in [4.69, 9.17) is 0 Å². The fourth-order valence-corrected chi connectivity index (χ4v) is 3.18. The Bertz CT molecular complexity index is 950. The first-order valence-corrected chi connectivity index (χ1v) is 8.46. The average molecular weight is 360 g/mol. The van der Waals surface area contributed by atoms with Crippen molar-refractivity contribution in [1.82, 2.24) is 14.0 Å². The van der Waals surface area contributed by atoms with Crippen LogP contribution >= 0.6 is 0 Å². The molecule has 8 heteroatoms. The van der Waals surface area contributed by atoms with Crippen LogP contribution in [-0.4, -0.2) is 46.1 Å². The van der Waals surface area contributed by atoms with Crippen molar-refractivity contribution in [3.63, 3.8) is 0 Å². The van der Waals surface area contributed by atoms with Crippen molar-refractivity contribution >= 4 is 11.7 Å². The van der Waals surface area contributed by atoms with Gasteiger partial charge in [0.2, 0.25) is 0 Å². The van der Waals surface area contributed by atoms with Crippen LogP contribution in [0.15, 0.2) is 39.9 Å². The molecule has 1 fully saturated rings. The van der Waals surface area contributed by atoms with E-state index in [0.717, 1.165) is 4.57 Å². The van der Waals surface area contributed by atoms with Crippen LogP contribution in [0.1, 0.15) is 16.8 Å². The van der Waals surface area contributed by atoms with Gasteiger partial charge in [-0.2, -0.15) is 0 Å². The molecule has 2 heterocycles. The van der Waals surface area contributed by atoms with Crippen LogP contribution in [0.2, 0.25) is 0 Å². The lowest BCUT2D eigenvalue weighted by Crippen LogP contribution is -2.41. The molecular formula is C18H21FN4O3. The van der Waals surface area contributed by atoms with Crippen molar-refractivity contribution in [2.45, 2.75) is 6.42 Å². The molecule has 1 saturated heterocycles. The van der Waals surface area contributed by atoms with Crippen molar-refractivity contribution < 1.29 is 9.18 Å². The molecule has 2 aromatic rings. The fraction of sp³-hybridized carbons (Fsp3) is 0.389. The van der Waals surface area contributed by atoms with Gasteiger partial charge in [-0.3, -0.25) is 18.7 Å². The summed E-state index contributed by atoms with van der Waals surface area (Å²) in [5.74, 6) is -0.353. The van der Waals surface area contributed by atoms with E-state index in [-0.39, 0.29) is 17.0 Å². The molecule has 0 spiro atoms. The second-order valence-electron chi connectivity index (χ2n) is 6.35. The molecule has 3 rings (SSSR count). The van der Waals surface area contributed by atoms with Gasteiger partial charge in [0, 0.05) is 46.3 Å². The molecule has 7 nitrogen and oxygen atoms in total. The second kappa shape index (κ2) is 7.15. The van der Waals surface area contributed by atoms with E-state index in [1.165, 1.54) is 29.8 Å². The molecule has 0 aliphatic carbocycles. The van der Waals surface area contributed by atoms with Gasteiger partial charge in [0.1, 0.15) is 11.6 Å². The summed E-state index contributed by atoms with van der Waals surface area (Å²) in [7, 11) is 3.05. The summed E-state index contributed by atoms with van der Waals surface area (Å²) in [6, 6.07) is 7.36. The predicted octanol–water partition coefficient (Wildman–Crippen LogP) is 0.576. The Morgan fingerprint density at radius 2 is 1.73 bits per heavy atom. The van der Waals surface area contributed by atoms with Crippen molar-refractivity contribution in [3.8, 4) is 0 Å². The van der Waals surface area contributed by atoms with Crippen LogP contribution in [0.5, 0.6) is 0 Å². The number of benzene rings is 1. The quantitative estimate of drug-likeness (QED) is 0.786. The van der Waals surface area contributed by atoms with Gasteiger partial charge < -0.3 is 9.80 Å². The van der Waals surface area contributed by atoms with Gasteiger partial charge >= 0.3 is 5.69 Å². The zero-order chi connectivity index (χ0) is 18.8. The standard InChI is InChI=1S/C18H21FN4O3/c1-20-15(12-16(24)21(2)18(20)26)22-8-5-9-23(11-10-22)17(25)13-6-3-4-7-14(13)19/h3-4,6-7,12H,5,8-11H2,1-2H3. The fourth-order valence-electron chi connectivity index (χ4n) is 3.18. The molecule has 0 saturated carbocycles. The third kappa shape index (κ3) is 3.26. The minimum absolute atomic E-state index is 0.0573. The minimum atomic E-state index is -0.535. The van der Waals surface area contributed by atoms with E-state index in [1.54, 1.807) is 24.1 Å². The maximum atomic E-state index is 13.9. The first-order chi connectivity index (χ1) is 12.4. The maximum Gasteiger partial charge on any atom is 0.332 e. The first-order valence-electron chi connectivity index (χ1n) is 8.46. The van der Waals surface area contributed by atoms with Crippen LogP contribution in [0.4, 0.5) is 10.2 Å². The Morgan fingerprint density at radius 1 is 1.00 bits per heavy atom. The summed E-state index contributed by atoms with van der Waals surface area (Å²) < 4.78 is 16.4. The highest BCUT2D eigenvalue weighted by molar-refractivity contribution is 5.94. The van der Waals surface area contributed by atoms with Gasteiger partial charge in [0.25, 0.3) is 11.5 Å². The number of hydrogen-bond donors (Lipinski definition) is 0. The topological polar surface area (TPSA) is 67.5 Å². The number of hydrogen-bond acceptors (Lipinski definition) is 4. The van der Waals surface area contributed by atoms with Gasteiger partial charge in [-0.25, -0.2) is 9.18 Å². The molecule has 1 aliphatic heterocycles. The van der Waals surface area contributed by atoms with Crippen LogP contribution in [0, 0.1) is 5.82 Å². The molecule has 1 aliphatic rings. The largest absolute Gasteiger partial charge is 0.356 e. The Hall–Kier alpha value is -2.90. The van der Waals surface area contributed by atoms with Gasteiger partial charge in [-0.15, -0.1) is 0 Å². The summed E-state index contributed by atoms with van der Waals surface area (Å²) in [5, 5.41) is 0. The Balaban J connectivity index is 1.81. The Kier molecular flexibility index (Phi) is 4.92. The highest BCUT2D eigenvalue weighted by Crippen LogP contribution is 2.16. The van der Waals surface area contributed by atoms with Crippen LogP contribution in [-0.2, 0) is 14.1 Å². The third-order valence-electron chi connectivity index (χ3n) is 4.71. The lowest BCUT2D eigenvalue weighted by atomic mass is 10.2. The zero-order valence-corrected chi connectivity index (χ0v) is 14.8. The molecule has 1 aromatic heterocycles. The molecule has 1 aromatic carbocycles. The van der Waals surface area contributed by atoms with E-state index in [1.807, 2.05) is 4.90 Å². The average Bonchev–Trinajstić information content (AvgIpc) is 2.89. The summed E-state index contributed by atoms with van der Waals surface area (Å²) in [5.41, 5.74) is -0.704. The number of carbonyl (C=O) groups excluding carboxylic acids is 1. The molecule has 0 N–H and O–H groups in total. The molecule has 0 radical (unpaired) electrons. The van der Waals surface area contributed by atoms with Gasteiger partial charge in [0.15, 0.2) is 0 Å². The number of nitrogens with zero attached hydrogens (tertiary/aromatic N) is 4. The number of rotatable bonds is 2. The summed E-state index contributed by atoms with van der Waals surface area (Å²) in [4.78, 5) is 40.2. The highest BCUT2D eigenvalue weighted by atomic mass is 19.1. The first kappa shape index (κ1) is 17.9. The van der Waals surface area contributed by atoms with Crippen molar-refractivity contribution in [2.24, 2.45) is 14.1 Å². The van der Waals surface area contributed by atoms with E-state index < -0.39 is 11.5 Å². The SMILES string of the molecule is Cn1c(N2CCCN(C(=O)c3ccccc3F)CC2)cc(=O)n(C)c1=O.